The molecule has 0 unspecified atom stereocenters. The van der Waals surface area contributed by atoms with Crippen molar-refractivity contribution in [1.29, 1.82) is 0 Å². The quantitative estimate of drug-likeness (QED) is 0.828. The van der Waals surface area contributed by atoms with Crippen molar-refractivity contribution in [2.45, 2.75) is 18.9 Å². The molecule has 1 saturated heterocycles. The molecule has 0 radical (unpaired) electrons. The van der Waals surface area contributed by atoms with E-state index in [2.05, 4.69) is 40.2 Å². The summed E-state index contributed by atoms with van der Waals surface area (Å²) in [6.07, 6.45) is 4.48. The van der Waals surface area contributed by atoms with Gasteiger partial charge in [0.1, 0.15) is 0 Å². The van der Waals surface area contributed by atoms with Crippen molar-refractivity contribution in [2.75, 3.05) is 33.9 Å². The van der Waals surface area contributed by atoms with Crippen LogP contribution in [-0.2, 0) is 7.05 Å². The molecule has 1 aliphatic rings. The number of aromatic nitrogens is 1. The molecule has 3 rings (SSSR count). The second-order valence-electron chi connectivity index (χ2n) is 6.58. The summed E-state index contributed by atoms with van der Waals surface area (Å²) in [5.74, 6) is 1.06. The van der Waals surface area contributed by atoms with Gasteiger partial charge in [-0.1, -0.05) is 0 Å². The Labute approximate surface area is 154 Å². The molecule has 1 aromatic carbocycles. The minimum absolute atomic E-state index is 0.107. The molecule has 0 saturated carbocycles. The Bertz CT molecular complexity index is 751. The average Bonchev–Trinajstić information content (AvgIpc) is 3.34. The summed E-state index contributed by atoms with van der Waals surface area (Å²) in [5.41, 5.74) is 1.79. The van der Waals surface area contributed by atoms with Crippen LogP contribution in [0, 0.1) is 0 Å². The van der Waals surface area contributed by atoms with E-state index in [0.717, 1.165) is 13.1 Å². The number of carbonyl (C=O) groups excluding carboxylic acids is 1. The molecule has 1 atom stereocenters. The monoisotopic (exact) mass is 357 g/mol. The summed E-state index contributed by atoms with van der Waals surface area (Å²) in [6, 6.07) is 9.58. The predicted molar refractivity (Wildman–Crippen MR) is 101 cm³/mol. The van der Waals surface area contributed by atoms with Crippen LogP contribution in [0.1, 0.15) is 34.9 Å². The van der Waals surface area contributed by atoms with Gasteiger partial charge < -0.3 is 19.4 Å². The summed E-state index contributed by atoms with van der Waals surface area (Å²) in [7, 11) is 5.20. The first kappa shape index (κ1) is 18.3. The Hall–Kier alpha value is -2.47. The van der Waals surface area contributed by atoms with Crippen molar-refractivity contribution >= 4 is 5.91 Å². The van der Waals surface area contributed by atoms with E-state index in [1.807, 2.05) is 0 Å². The van der Waals surface area contributed by atoms with E-state index in [1.54, 1.807) is 32.4 Å². The molecule has 0 spiro atoms. The highest BCUT2D eigenvalue weighted by Gasteiger charge is 2.25. The number of carbonyl (C=O) groups is 1. The van der Waals surface area contributed by atoms with E-state index >= 15 is 0 Å². The van der Waals surface area contributed by atoms with Crippen molar-refractivity contribution in [3.63, 3.8) is 0 Å². The first-order chi connectivity index (χ1) is 12.6. The van der Waals surface area contributed by atoms with Gasteiger partial charge in [-0.2, -0.15) is 0 Å². The molecule has 1 N–H and O–H groups in total. The molecular formula is C20H27N3O3. The van der Waals surface area contributed by atoms with Crippen LogP contribution in [0.3, 0.4) is 0 Å². The topological polar surface area (TPSA) is 55.7 Å². The third-order valence-corrected chi connectivity index (χ3v) is 5.01. The highest BCUT2D eigenvalue weighted by atomic mass is 16.5. The van der Waals surface area contributed by atoms with E-state index < -0.39 is 0 Å². The zero-order valence-corrected chi connectivity index (χ0v) is 15.7. The standard InChI is InChI=1S/C20H27N3O3/c1-22-10-6-7-16(22)17(23-11-4-5-12-23)14-21-20(24)15-8-9-18(25-2)19(13-15)26-3/h6-10,13,17H,4-5,11-12,14H2,1-3H3,(H,21,24)/t17-/m1/s1. The normalized spacial score (nSPS) is 15.7. The number of hydrogen-bond donors (Lipinski definition) is 1. The number of aryl methyl sites for hydroxylation is 1. The van der Waals surface area contributed by atoms with Gasteiger partial charge in [-0.15, -0.1) is 0 Å². The number of nitrogens with one attached hydrogen (secondary N) is 1. The number of nitrogens with zero attached hydrogens (tertiary/aromatic N) is 2. The lowest BCUT2D eigenvalue weighted by atomic mass is 10.1. The summed E-state index contributed by atoms with van der Waals surface area (Å²) in [5, 5.41) is 3.09. The van der Waals surface area contributed by atoms with Gasteiger partial charge in [0.15, 0.2) is 11.5 Å². The van der Waals surface area contributed by atoms with Crippen LogP contribution < -0.4 is 14.8 Å². The van der Waals surface area contributed by atoms with Crippen molar-refractivity contribution in [1.82, 2.24) is 14.8 Å². The SMILES string of the molecule is COc1ccc(C(=O)NC[C@H](c2cccn2C)N2CCCC2)cc1OC. The van der Waals surface area contributed by atoms with E-state index in [0.29, 0.717) is 23.6 Å². The first-order valence-electron chi connectivity index (χ1n) is 8.99. The molecule has 1 aromatic heterocycles. The summed E-state index contributed by atoms with van der Waals surface area (Å²) in [6.45, 7) is 2.72. The molecule has 1 aliphatic heterocycles. The number of amides is 1. The van der Waals surface area contributed by atoms with Gasteiger partial charge in [0.25, 0.3) is 5.91 Å². The van der Waals surface area contributed by atoms with E-state index in [9.17, 15) is 4.79 Å². The average molecular weight is 357 g/mol. The van der Waals surface area contributed by atoms with Crippen LogP contribution >= 0.6 is 0 Å². The van der Waals surface area contributed by atoms with Crippen LogP contribution in [0.2, 0.25) is 0 Å². The second kappa shape index (κ2) is 8.27. The Kier molecular flexibility index (Phi) is 5.83. The molecule has 140 valence electrons. The van der Waals surface area contributed by atoms with Gasteiger partial charge in [0, 0.05) is 31.0 Å². The third kappa shape index (κ3) is 3.85. The molecule has 1 fully saturated rings. The lowest BCUT2D eigenvalue weighted by Crippen LogP contribution is -2.37. The highest BCUT2D eigenvalue weighted by Crippen LogP contribution is 2.28. The maximum Gasteiger partial charge on any atom is 0.251 e. The number of methoxy groups -OCH3 is 2. The molecule has 1 amide bonds. The fourth-order valence-electron chi connectivity index (χ4n) is 3.56. The summed E-state index contributed by atoms with van der Waals surface area (Å²) in [4.78, 5) is 15.1. The van der Waals surface area contributed by atoms with Gasteiger partial charge in [-0.3, -0.25) is 9.69 Å². The number of likely N-dealkylation sites (tertiary alicyclic amines) is 1. The highest BCUT2D eigenvalue weighted by molar-refractivity contribution is 5.94. The van der Waals surface area contributed by atoms with E-state index in [-0.39, 0.29) is 11.9 Å². The lowest BCUT2D eigenvalue weighted by molar-refractivity contribution is 0.0936. The maximum atomic E-state index is 12.7. The molecular weight excluding hydrogens is 330 g/mol. The van der Waals surface area contributed by atoms with Gasteiger partial charge in [0.05, 0.1) is 20.3 Å². The fourth-order valence-corrected chi connectivity index (χ4v) is 3.56. The van der Waals surface area contributed by atoms with Crippen molar-refractivity contribution < 1.29 is 14.3 Å². The number of hydrogen-bond acceptors (Lipinski definition) is 4. The maximum absolute atomic E-state index is 12.7. The fraction of sp³-hybridized carbons (Fsp3) is 0.450. The van der Waals surface area contributed by atoms with Gasteiger partial charge in [-0.25, -0.2) is 0 Å². The van der Waals surface area contributed by atoms with Crippen LogP contribution in [0.5, 0.6) is 11.5 Å². The molecule has 0 aliphatic carbocycles. The zero-order valence-electron chi connectivity index (χ0n) is 15.7. The van der Waals surface area contributed by atoms with E-state index in [1.165, 1.54) is 18.5 Å². The molecule has 26 heavy (non-hydrogen) atoms. The summed E-state index contributed by atoms with van der Waals surface area (Å²) >= 11 is 0. The van der Waals surface area contributed by atoms with Gasteiger partial charge in [-0.05, 0) is 56.3 Å². The largest absolute Gasteiger partial charge is 0.493 e. The number of benzene rings is 1. The zero-order chi connectivity index (χ0) is 18.5. The predicted octanol–water partition coefficient (Wildman–Crippen LogP) is 2.61. The van der Waals surface area contributed by atoms with Crippen LogP contribution in [0.25, 0.3) is 0 Å². The molecule has 2 aromatic rings. The molecule has 6 nitrogen and oxygen atoms in total. The lowest BCUT2D eigenvalue weighted by Gasteiger charge is -2.28. The molecule has 2 heterocycles. The minimum atomic E-state index is -0.107. The molecule has 6 heteroatoms. The Morgan fingerprint density at radius 3 is 2.50 bits per heavy atom. The minimum Gasteiger partial charge on any atom is -0.493 e. The van der Waals surface area contributed by atoms with Crippen molar-refractivity contribution in [2.24, 2.45) is 7.05 Å². The van der Waals surface area contributed by atoms with Crippen LogP contribution in [0.15, 0.2) is 36.5 Å². The Morgan fingerprint density at radius 1 is 1.15 bits per heavy atom. The second-order valence-corrected chi connectivity index (χ2v) is 6.58. The van der Waals surface area contributed by atoms with E-state index in [4.69, 9.17) is 9.47 Å². The number of rotatable bonds is 7. The first-order valence-corrected chi connectivity index (χ1v) is 8.99. The number of ether oxygens (including phenoxy) is 2. The van der Waals surface area contributed by atoms with Crippen LogP contribution in [0.4, 0.5) is 0 Å². The summed E-state index contributed by atoms with van der Waals surface area (Å²) < 4.78 is 12.7. The van der Waals surface area contributed by atoms with Gasteiger partial charge >= 0.3 is 0 Å². The molecule has 0 bridgehead atoms. The van der Waals surface area contributed by atoms with Crippen molar-refractivity contribution in [3.05, 3.63) is 47.8 Å². The van der Waals surface area contributed by atoms with Gasteiger partial charge in [0.2, 0.25) is 0 Å². The Balaban J connectivity index is 1.72. The Morgan fingerprint density at radius 2 is 1.88 bits per heavy atom. The third-order valence-electron chi connectivity index (χ3n) is 5.01. The van der Waals surface area contributed by atoms with Crippen LogP contribution in [-0.4, -0.2) is 49.2 Å². The smallest absolute Gasteiger partial charge is 0.251 e. The van der Waals surface area contributed by atoms with Crippen molar-refractivity contribution in [3.8, 4) is 11.5 Å².